The third kappa shape index (κ3) is 9.67. The Bertz CT molecular complexity index is 441. The third-order valence-electron chi connectivity index (χ3n) is 4.76. The lowest BCUT2D eigenvalue weighted by Crippen LogP contribution is -2.48. The molecule has 5 nitrogen and oxygen atoms in total. The summed E-state index contributed by atoms with van der Waals surface area (Å²) < 4.78 is 5.76. The second-order valence-corrected chi connectivity index (χ2v) is 9.42. The van der Waals surface area contributed by atoms with Gasteiger partial charge in [0, 0.05) is 57.6 Å². The molecule has 0 N–H and O–H groups in total. The molecule has 0 atom stereocenters. The first-order valence-electron chi connectivity index (χ1n) is 10.2. The summed E-state index contributed by atoms with van der Waals surface area (Å²) in [6, 6.07) is 0. The van der Waals surface area contributed by atoms with E-state index in [2.05, 4.69) is 25.7 Å². The minimum absolute atomic E-state index is 0.0669. The molecular weight excluding hydrogens is 328 g/mol. The highest BCUT2D eigenvalue weighted by atomic mass is 16.5. The molecule has 0 radical (unpaired) electrons. The number of piperazine rings is 1. The first kappa shape index (κ1) is 23.1. The number of ether oxygens (including phenoxy) is 1. The molecule has 0 aromatic rings. The van der Waals surface area contributed by atoms with E-state index < -0.39 is 0 Å². The molecule has 1 rings (SSSR count). The van der Waals surface area contributed by atoms with E-state index in [1.165, 1.54) is 0 Å². The zero-order valence-corrected chi connectivity index (χ0v) is 17.9. The summed E-state index contributed by atoms with van der Waals surface area (Å²) in [4.78, 5) is 28.6. The van der Waals surface area contributed by atoms with Crippen molar-refractivity contribution < 1.29 is 14.3 Å². The minimum Gasteiger partial charge on any atom is -0.376 e. The average molecular weight is 369 g/mol. The van der Waals surface area contributed by atoms with Crippen molar-refractivity contribution in [2.75, 3.05) is 39.3 Å². The van der Waals surface area contributed by atoms with Crippen molar-refractivity contribution in [3.8, 4) is 0 Å². The van der Waals surface area contributed by atoms with Crippen LogP contribution in [0.1, 0.15) is 73.6 Å². The molecule has 0 unspecified atom stereocenters. The van der Waals surface area contributed by atoms with Crippen molar-refractivity contribution in [2.45, 2.75) is 79.2 Å². The van der Waals surface area contributed by atoms with Crippen LogP contribution in [-0.2, 0) is 14.3 Å². The topological polar surface area (TPSA) is 49.9 Å². The van der Waals surface area contributed by atoms with Crippen LogP contribution >= 0.6 is 0 Å². The number of Topliss-reactive ketones (excluding diaryl/α,β-unsaturated/α-hetero) is 1. The number of hydrogen-bond donors (Lipinski definition) is 0. The van der Waals surface area contributed by atoms with E-state index in [9.17, 15) is 9.59 Å². The molecule has 0 bridgehead atoms. The van der Waals surface area contributed by atoms with Gasteiger partial charge < -0.3 is 9.64 Å². The Hall–Kier alpha value is -0.940. The maximum Gasteiger partial charge on any atom is 0.222 e. The fourth-order valence-electron chi connectivity index (χ4n) is 2.98. The van der Waals surface area contributed by atoms with Crippen LogP contribution in [0.4, 0.5) is 0 Å². The van der Waals surface area contributed by atoms with Crippen LogP contribution in [0.3, 0.4) is 0 Å². The molecule has 1 aliphatic heterocycles. The van der Waals surface area contributed by atoms with Gasteiger partial charge in [-0.15, -0.1) is 0 Å². The van der Waals surface area contributed by atoms with Gasteiger partial charge in [-0.05, 0) is 40.0 Å². The predicted molar refractivity (Wildman–Crippen MR) is 106 cm³/mol. The van der Waals surface area contributed by atoms with E-state index in [-0.39, 0.29) is 22.7 Å². The maximum absolute atomic E-state index is 12.3. The van der Waals surface area contributed by atoms with Gasteiger partial charge in [-0.25, -0.2) is 0 Å². The van der Waals surface area contributed by atoms with E-state index in [1.54, 1.807) is 0 Å². The number of ketones is 1. The summed E-state index contributed by atoms with van der Waals surface area (Å²) in [5, 5.41) is 0. The van der Waals surface area contributed by atoms with E-state index in [0.29, 0.717) is 12.8 Å². The number of amides is 1. The third-order valence-corrected chi connectivity index (χ3v) is 4.76. The largest absolute Gasteiger partial charge is 0.376 e. The number of nitrogens with zero attached hydrogens (tertiary/aromatic N) is 2. The van der Waals surface area contributed by atoms with Gasteiger partial charge in [0.1, 0.15) is 5.78 Å². The fourth-order valence-corrected chi connectivity index (χ4v) is 2.98. The second kappa shape index (κ2) is 10.4. The highest BCUT2D eigenvalue weighted by molar-refractivity contribution is 5.83. The molecule has 1 aliphatic rings. The maximum atomic E-state index is 12.3. The van der Waals surface area contributed by atoms with Crippen molar-refractivity contribution in [1.29, 1.82) is 0 Å². The highest BCUT2D eigenvalue weighted by Crippen LogP contribution is 2.19. The van der Waals surface area contributed by atoms with E-state index in [1.807, 2.05) is 25.7 Å². The zero-order chi connectivity index (χ0) is 19.8. The molecule has 0 aliphatic carbocycles. The molecule has 1 amide bonds. The Kier molecular flexibility index (Phi) is 9.25. The van der Waals surface area contributed by atoms with Gasteiger partial charge in [0.15, 0.2) is 0 Å². The molecule has 0 saturated carbocycles. The second-order valence-electron chi connectivity index (χ2n) is 9.42. The summed E-state index contributed by atoms with van der Waals surface area (Å²) in [5.74, 6) is 0.526. The van der Waals surface area contributed by atoms with Crippen molar-refractivity contribution in [3.63, 3.8) is 0 Å². The molecule has 0 aromatic carbocycles. The number of unbranched alkanes of at least 4 members (excludes halogenated alkanes) is 1. The van der Waals surface area contributed by atoms with Gasteiger partial charge in [0.25, 0.3) is 0 Å². The predicted octanol–water partition coefficient (Wildman–Crippen LogP) is 3.51. The summed E-state index contributed by atoms with van der Waals surface area (Å²) >= 11 is 0. The molecule has 0 aromatic heterocycles. The van der Waals surface area contributed by atoms with Gasteiger partial charge in [-0.1, -0.05) is 20.8 Å². The Morgan fingerprint density at radius 3 is 1.96 bits per heavy atom. The monoisotopic (exact) mass is 368 g/mol. The Labute approximate surface area is 160 Å². The Balaban J connectivity index is 2.13. The molecule has 26 heavy (non-hydrogen) atoms. The smallest absolute Gasteiger partial charge is 0.222 e. The molecule has 152 valence electrons. The quantitative estimate of drug-likeness (QED) is 0.584. The summed E-state index contributed by atoms with van der Waals surface area (Å²) in [6.45, 7) is 17.5. The van der Waals surface area contributed by atoms with Crippen molar-refractivity contribution >= 4 is 11.7 Å². The SMILES string of the molecule is CC(C)(C)OCCCN1CCN(C(=O)CCCCC(=O)C(C)(C)C)CC1. The zero-order valence-electron chi connectivity index (χ0n) is 17.9. The van der Waals surface area contributed by atoms with Crippen LogP contribution in [0.2, 0.25) is 0 Å². The molecule has 1 saturated heterocycles. The number of carbonyl (C=O) groups excluding carboxylic acids is 2. The normalized spacial score (nSPS) is 16.8. The fraction of sp³-hybridized carbons (Fsp3) is 0.905. The molecular formula is C21H40N2O3. The van der Waals surface area contributed by atoms with Crippen molar-refractivity contribution in [3.05, 3.63) is 0 Å². The number of rotatable bonds is 9. The molecule has 1 heterocycles. The van der Waals surface area contributed by atoms with Crippen LogP contribution < -0.4 is 0 Å². The van der Waals surface area contributed by atoms with Crippen LogP contribution in [0, 0.1) is 5.41 Å². The molecule has 0 spiro atoms. The minimum atomic E-state index is -0.266. The average Bonchev–Trinajstić information content (AvgIpc) is 2.54. The Morgan fingerprint density at radius 1 is 0.846 bits per heavy atom. The highest BCUT2D eigenvalue weighted by Gasteiger charge is 2.22. The van der Waals surface area contributed by atoms with Crippen molar-refractivity contribution in [2.24, 2.45) is 5.41 Å². The van der Waals surface area contributed by atoms with E-state index in [4.69, 9.17) is 4.74 Å². The van der Waals surface area contributed by atoms with Crippen LogP contribution in [-0.4, -0.2) is 66.4 Å². The van der Waals surface area contributed by atoms with Gasteiger partial charge in [0.2, 0.25) is 5.91 Å². The van der Waals surface area contributed by atoms with Crippen LogP contribution in [0.25, 0.3) is 0 Å². The molecule has 5 heteroatoms. The van der Waals surface area contributed by atoms with Gasteiger partial charge in [-0.2, -0.15) is 0 Å². The van der Waals surface area contributed by atoms with Gasteiger partial charge >= 0.3 is 0 Å². The number of hydrogen-bond acceptors (Lipinski definition) is 4. The molecule has 1 fully saturated rings. The van der Waals surface area contributed by atoms with Crippen LogP contribution in [0.5, 0.6) is 0 Å². The lowest BCUT2D eigenvalue weighted by atomic mass is 9.88. The van der Waals surface area contributed by atoms with Crippen LogP contribution in [0.15, 0.2) is 0 Å². The first-order valence-corrected chi connectivity index (χ1v) is 10.2. The summed E-state index contributed by atoms with van der Waals surface area (Å²) in [5.41, 5.74) is -0.332. The Morgan fingerprint density at radius 2 is 1.42 bits per heavy atom. The summed E-state index contributed by atoms with van der Waals surface area (Å²) in [6.07, 6.45) is 3.81. The van der Waals surface area contributed by atoms with E-state index in [0.717, 1.165) is 58.6 Å². The lowest BCUT2D eigenvalue weighted by molar-refractivity contribution is -0.133. The van der Waals surface area contributed by atoms with Gasteiger partial charge in [-0.3, -0.25) is 14.5 Å². The van der Waals surface area contributed by atoms with E-state index >= 15 is 0 Å². The standard InChI is InChI=1S/C21H40N2O3/c1-20(2,3)18(24)10-7-8-11-19(25)23-15-13-22(14-16-23)12-9-17-26-21(4,5)6/h7-17H2,1-6H3. The van der Waals surface area contributed by atoms with Crippen molar-refractivity contribution in [1.82, 2.24) is 9.80 Å². The lowest BCUT2D eigenvalue weighted by Gasteiger charge is -2.35. The van der Waals surface area contributed by atoms with Gasteiger partial charge in [0.05, 0.1) is 5.60 Å². The number of carbonyl (C=O) groups is 2. The summed E-state index contributed by atoms with van der Waals surface area (Å²) in [7, 11) is 0. The first-order chi connectivity index (χ1) is 12.0.